The predicted octanol–water partition coefficient (Wildman–Crippen LogP) is 1.65. The third-order valence-corrected chi connectivity index (χ3v) is 3.87. The molecule has 0 aromatic rings. The average molecular weight is 292 g/mol. The monoisotopic (exact) mass is 292 g/mol. The third kappa shape index (κ3) is 3.56. The molecule has 0 spiro atoms. The number of hydrogen-bond donors (Lipinski definition) is 3. The van der Waals surface area contributed by atoms with Crippen LogP contribution in [0.15, 0.2) is 11.3 Å². The van der Waals surface area contributed by atoms with Gasteiger partial charge in [-0.2, -0.15) is 0 Å². The summed E-state index contributed by atoms with van der Waals surface area (Å²) in [6.07, 6.45) is 1.11. The number of aliphatic hydroxyl groups is 1. The van der Waals surface area contributed by atoms with Crippen LogP contribution in [0, 0.1) is 16.7 Å². The van der Waals surface area contributed by atoms with Gasteiger partial charge in [-0.25, -0.2) is 0 Å². The number of nitrogens with one attached hydrogen (secondary N) is 2. The van der Waals surface area contributed by atoms with Crippen LogP contribution < -0.4 is 5.32 Å². The van der Waals surface area contributed by atoms with Crippen LogP contribution in [-0.4, -0.2) is 28.4 Å². The summed E-state index contributed by atoms with van der Waals surface area (Å²) in [6, 6.07) is 0. The highest BCUT2D eigenvalue weighted by molar-refractivity contribution is 6.23. The maximum Gasteiger partial charge on any atom is 0.226 e. The number of carbonyl (C=O) groups excluding carboxylic acids is 3. The van der Waals surface area contributed by atoms with Crippen molar-refractivity contribution >= 4 is 23.3 Å². The lowest BCUT2D eigenvalue weighted by Gasteiger charge is -2.31. The molecule has 6 heteroatoms. The highest BCUT2D eigenvalue weighted by Gasteiger charge is 2.36. The zero-order valence-electron chi connectivity index (χ0n) is 12.3. The number of hydrogen-bond acceptors (Lipinski definition) is 5. The lowest BCUT2D eigenvalue weighted by atomic mass is 9.73. The SMILES string of the molecule is CC1(C)CC(=N)/C(=C(\O)CC2CC(=O)NC(=O)C2)C(=O)C1. The summed E-state index contributed by atoms with van der Waals surface area (Å²) >= 11 is 0. The van der Waals surface area contributed by atoms with E-state index in [4.69, 9.17) is 5.41 Å². The van der Waals surface area contributed by atoms with E-state index in [1.807, 2.05) is 13.8 Å². The van der Waals surface area contributed by atoms with Crippen LogP contribution in [0.3, 0.4) is 0 Å². The molecule has 21 heavy (non-hydrogen) atoms. The molecule has 2 fully saturated rings. The summed E-state index contributed by atoms with van der Waals surface area (Å²) in [5.41, 5.74) is -0.0494. The molecule has 1 aliphatic carbocycles. The van der Waals surface area contributed by atoms with Gasteiger partial charge in [-0.3, -0.25) is 19.7 Å². The van der Waals surface area contributed by atoms with E-state index in [2.05, 4.69) is 5.32 Å². The van der Waals surface area contributed by atoms with E-state index in [1.165, 1.54) is 0 Å². The first-order chi connectivity index (χ1) is 9.68. The fraction of sp³-hybridized carbons (Fsp3) is 0.600. The second kappa shape index (κ2) is 5.42. The van der Waals surface area contributed by atoms with Gasteiger partial charge < -0.3 is 10.5 Å². The van der Waals surface area contributed by atoms with Crippen LogP contribution in [-0.2, 0) is 14.4 Å². The first kappa shape index (κ1) is 15.4. The van der Waals surface area contributed by atoms with Crippen LogP contribution in [0.25, 0.3) is 0 Å². The molecule has 0 unspecified atom stereocenters. The van der Waals surface area contributed by atoms with Gasteiger partial charge in [-0.15, -0.1) is 0 Å². The number of aliphatic hydroxyl groups excluding tert-OH is 1. The van der Waals surface area contributed by atoms with Crippen molar-refractivity contribution < 1.29 is 19.5 Å². The maximum atomic E-state index is 12.1. The Morgan fingerprint density at radius 1 is 1.24 bits per heavy atom. The van der Waals surface area contributed by atoms with Crippen molar-refractivity contribution in [2.45, 2.75) is 46.0 Å². The minimum absolute atomic E-state index is 0.0766. The molecular formula is C15H20N2O4. The number of piperidine rings is 1. The van der Waals surface area contributed by atoms with E-state index < -0.39 is 0 Å². The van der Waals surface area contributed by atoms with Crippen molar-refractivity contribution in [2.24, 2.45) is 11.3 Å². The molecule has 0 aromatic heterocycles. The number of amides is 2. The molecule has 0 bridgehead atoms. The van der Waals surface area contributed by atoms with Gasteiger partial charge in [0.1, 0.15) is 5.76 Å². The molecule has 2 rings (SSSR count). The summed E-state index contributed by atoms with van der Waals surface area (Å²) in [5, 5.41) is 20.4. The topological polar surface area (TPSA) is 107 Å². The summed E-state index contributed by atoms with van der Waals surface area (Å²) in [4.78, 5) is 34.8. The molecular weight excluding hydrogens is 272 g/mol. The fourth-order valence-electron chi connectivity index (χ4n) is 3.03. The lowest BCUT2D eigenvalue weighted by molar-refractivity contribution is -0.134. The molecule has 0 radical (unpaired) electrons. The molecule has 1 aliphatic heterocycles. The smallest absolute Gasteiger partial charge is 0.226 e. The fourth-order valence-corrected chi connectivity index (χ4v) is 3.03. The highest BCUT2D eigenvalue weighted by Crippen LogP contribution is 2.35. The van der Waals surface area contributed by atoms with Crippen molar-refractivity contribution in [1.82, 2.24) is 5.32 Å². The lowest BCUT2D eigenvalue weighted by Crippen LogP contribution is -2.39. The Labute approximate surface area is 123 Å². The molecule has 0 atom stereocenters. The van der Waals surface area contributed by atoms with Crippen molar-refractivity contribution in [3.63, 3.8) is 0 Å². The van der Waals surface area contributed by atoms with Gasteiger partial charge in [0.05, 0.1) is 5.57 Å². The van der Waals surface area contributed by atoms with E-state index in [0.717, 1.165) is 0 Å². The minimum Gasteiger partial charge on any atom is -0.511 e. The largest absolute Gasteiger partial charge is 0.511 e. The van der Waals surface area contributed by atoms with Crippen molar-refractivity contribution in [3.05, 3.63) is 11.3 Å². The molecule has 2 aliphatic rings. The molecule has 6 nitrogen and oxygen atoms in total. The quantitative estimate of drug-likeness (QED) is 0.408. The predicted molar refractivity (Wildman–Crippen MR) is 75.9 cm³/mol. The first-order valence-electron chi connectivity index (χ1n) is 7.04. The normalized spacial score (nSPS) is 25.8. The summed E-state index contributed by atoms with van der Waals surface area (Å²) < 4.78 is 0. The third-order valence-electron chi connectivity index (χ3n) is 3.87. The molecule has 3 N–H and O–H groups in total. The highest BCUT2D eigenvalue weighted by atomic mass is 16.3. The molecule has 1 saturated carbocycles. The Morgan fingerprint density at radius 2 is 1.81 bits per heavy atom. The second-order valence-corrected chi connectivity index (χ2v) is 6.69. The Bertz CT molecular complexity index is 522. The number of allylic oxidation sites excluding steroid dienone is 2. The number of ketones is 1. The zero-order valence-corrected chi connectivity index (χ0v) is 12.3. The molecule has 114 valence electrons. The average Bonchev–Trinajstić information content (AvgIpc) is 2.23. The van der Waals surface area contributed by atoms with Gasteiger partial charge in [0, 0.05) is 31.4 Å². The molecule has 1 heterocycles. The summed E-state index contributed by atoms with van der Waals surface area (Å²) in [7, 11) is 0. The minimum atomic E-state index is -0.361. The van der Waals surface area contributed by atoms with E-state index in [-0.39, 0.29) is 65.2 Å². The van der Waals surface area contributed by atoms with Gasteiger partial charge in [-0.1, -0.05) is 13.8 Å². The molecule has 1 saturated heterocycles. The number of carbonyl (C=O) groups is 3. The number of rotatable bonds is 2. The number of Topliss-reactive ketones (excluding diaryl/α,β-unsaturated/α-hetero) is 1. The van der Waals surface area contributed by atoms with E-state index in [1.54, 1.807) is 0 Å². The van der Waals surface area contributed by atoms with Crippen LogP contribution in [0.5, 0.6) is 0 Å². The summed E-state index contributed by atoms with van der Waals surface area (Å²) in [5.74, 6) is -1.43. The van der Waals surface area contributed by atoms with Gasteiger partial charge in [0.25, 0.3) is 0 Å². The Kier molecular flexibility index (Phi) is 3.98. The van der Waals surface area contributed by atoms with E-state index >= 15 is 0 Å². The Balaban J connectivity index is 2.16. The van der Waals surface area contributed by atoms with Gasteiger partial charge in [-0.05, 0) is 17.8 Å². The van der Waals surface area contributed by atoms with Crippen molar-refractivity contribution in [3.8, 4) is 0 Å². The van der Waals surface area contributed by atoms with Crippen molar-refractivity contribution in [1.29, 1.82) is 5.41 Å². The van der Waals surface area contributed by atoms with Crippen LogP contribution >= 0.6 is 0 Å². The number of imide groups is 1. The van der Waals surface area contributed by atoms with Crippen LogP contribution in [0.4, 0.5) is 0 Å². The maximum absolute atomic E-state index is 12.1. The second-order valence-electron chi connectivity index (χ2n) is 6.69. The first-order valence-corrected chi connectivity index (χ1v) is 7.04. The molecule has 0 aromatic carbocycles. The van der Waals surface area contributed by atoms with Gasteiger partial charge in [0.15, 0.2) is 5.78 Å². The zero-order chi connectivity index (χ0) is 15.8. The standard InChI is InChI=1S/C15H20N2O4/c1-15(2)6-9(16)14(11(19)7-15)10(18)3-8-4-12(20)17-13(21)5-8/h8,16,18H,3-7H2,1-2H3,(H,17,20,21)/b14-10+,16-9?. The van der Waals surface area contributed by atoms with Crippen LogP contribution in [0.1, 0.15) is 46.0 Å². The van der Waals surface area contributed by atoms with E-state index in [0.29, 0.717) is 12.8 Å². The van der Waals surface area contributed by atoms with E-state index in [9.17, 15) is 19.5 Å². The Morgan fingerprint density at radius 3 is 2.33 bits per heavy atom. The van der Waals surface area contributed by atoms with Crippen molar-refractivity contribution in [2.75, 3.05) is 0 Å². The van der Waals surface area contributed by atoms with Gasteiger partial charge >= 0.3 is 0 Å². The van der Waals surface area contributed by atoms with Crippen LogP contribution in [0.2, 0.25) is 0 Å². The van der Waals surface area contributed by atoms with Gasteiger partial charge in [0.2, 0.25) is 11.8 Å². The summed E-state index contributed by atoms with van der Waals surface area (Å²) in [6.45, 7) is 3.83. The Hall–Kier alpha value is -1.98. The molecule has 2 amide bonds.